The van der Waals surface area contributed by atoms with Crippen LogP contribution < -0.4 is 14.8 Å². The Hall–Kier alpha value is -2.21. The molecule has 2 aromatic carbocycles. The smallest absolute Gasteiger partial charge is 0.257 e. The highest BCUT2D eigenvalue weighted by Crippen LogP contribution is 2.33. The zero-order chi connectivity index (χ0) is 20.0. The van der Waals surface area contributed by atoms with E-state index in [1.54, 1.807) is 24.3 Å². The van der Waals surface area contributed by atoms with Crippen LogP contribution >= 0.6 is 34.8 Å². The predicted molar refractivity (Wildman–Crippen MR) is 107 cm³/mol. The van der Waals surface area contributed by atoms with Crippen LogP contribution in [0.3, 0.4) is 0 Å². The molecule has 0 saturated heterocycles. The van der Waals surface area contributed by atoms with Crippen LogP contribution in [0.15, 0.2) is 36.4 Å². The van der Waals surface area contributed by atoms with Crippen molar-refractivity contribution in [1.29, 1.82) is 0 Å². The van der Waals surface area contributed by atoms with E-state index in [9.17, 15) is 9.59 Å². The quantitative estimate of drug-likeness (QED) is 0.395. The molecule has 0 saturated carbocycles. The van der Waals surface area contributed by atoms with Gasteiger partial charge in [-0.05, 0) is 35.9 Å². The van der Waals surface area contributed by atoms with Gasteiger partial charge in [0.25, 0.3) is 5.91 Å². The third kappa shape index (κ3) is 5.39. The molecule has 0 atom stereocenters. The van der Waals surface area contributed by atoms with E-state index in [1.807, 2.05) is 0 Å². The number of benzene rings is 2. The summed E-state index contributed by atoms with van der Waals surface area (Å²) in [6.45, 7) is -0.129. The monoisotopic (exact) mass is 427 g/mol. The number of hydrogen-bond acceptors (Lipinski definition) is 4. The van der Waals surface area contributed by atoms with E-state index in [-0.39, 0.29) is 38.9 Å². The first-order valence-corrected chi connectivity index (χ1v) is 8.88. The largest absolute Gasteiger partial charge is 0.493 e. The molecule has 1 N–H and O–H groups in total. The minimum Gasteiger partial charge on any atom is -0.493 e. The number of allylic oxidation sites excluding steroid dienone is 1. The van der Waals surface area contributed by atoms with Crippen molar-refractivity contribution in [3.8, 4) is 11.5 Å². The van der Waals surface area contributed by atoms with Gasteiger partial charge in [-0.25, -0.2) is 0 Å². The molecule has 0 aromatic heterocycles. The first-order valence-electron chi connectivity index (χ1n) is 7.74. The summed E-state index contributed by atoms with van der Waals surface area (Å²) < 4.78 is 10.7. The molecule has 0 unspecified atom stereocenters. The number of ketones is 1. The van der Waals surface area contributed by atoms with E-state index in [2.05, 4.69) is 5.32 Å². The third-order valence-corrected chi connectivity index (χ3v) is 4.85. The highest BCUT2D eigenvalue weighted by Gasteiger charge is 2.13. The number of rotatable bonds is 7. The summed E-state index contributed by atoms with van der Waals surface area (Å²) in [5.41, 5.74) is 0.948. The second kappa shape index (κ2) is 9.65. The predicted octanol–water partition coefficient (Wildman–Crippen LogP) is 4.68. The zero-order valence-corrected chi connectivity index (χ0v) is 16.8. The van der Waals surface area contributed by atoms with E-state index >= 15 is 0 Å². The van der Waals surface area contributed by atoms with Crippen LogP contribution in [-0.4, -0.2) is 32.5 Å². The van der Waals surface area contributed by atoms with Crippen molar-refractivity contribution in [2.75, 3.05) is 20.8 Å². The minimum absolute atomic E-state index is 0.106. The van der Waals surface area contributed by atoms with Gasteiger partial charge in [-0.2, -0.15) is 0 Å². The van der Waals surface area contributed by atoms with Gasteiger partial charge in [-0.3, -0.25) is 9.59 Å². The van der Waals surface area contributed by atoms with E-state index in [1.165, 1.54) is 32.4 Å². The number of methoxy groups -OCH3 is 1. The molecule has 0 aliphatic carbocycles. The lowest BCUT2D eigenvalue weighted by Gasteiger charge is -2.10. The van der Waals surface area contributed by atoms with Crippen molar-refractivity contribution in [2.24, 2.45) is 0 Å². The second-order valence-corrected chi connectivity index (χ2v) is 6.46. The lowest BCUT2D eigenvalue weighted by molar-refractivity contribution is -0.122. The molecule has 142 valence electrons. The van der Waals surface area contributed by atoms with Crippen LogP contribution in [0.5, 0.6) is 11.5 Å². The number of halogens is 3. The average Bonchev–Trinajstić information content (AvgIpc) is 2.68. The molecule has 8 heteroatoms. The summed E-state index contributed by atoms with van der Waals surface area (Å²) in [6, 6.07) is 8.08. The van der Waals surface area contributed by atoms with Crippen LogP contribution in [-0.2, 0) is 4.79 Å². The van der Waals surface area contributed by atoms with E-state index in [0.717, 1.165) is 0 Å². The summed E-state index contributed by atoms with van der Waals surface area (Å²) >= 11 is 17.9. The number of likely N-dealkylation sites (N-methyl/N-ethyl adjacent to an activating group) is 1. The molecule has 2 rings (SSSR count). The van der Waals surface area contributed by atoms with Crippen molar-refractivity contribution in [3.63, 3.8) is 0 Å². The van der Waals surface area contributed by atoms with Crippen molar-refractivity contribution in [2.45, 2.75) is 0 Å². The minimum atomic E-state index is -0.322. The Kier molecular flexibility index (Phi) is 7.54. The maximum atomic E-state index is 12.4. The van der Waals surface area contributed by atoms with Gasteiger partial charge >= 0.3 is 0 Å². The van der Waals surface area contributed by atoms with Gasteiger partial charge in [-0.1, -0.05) is 46.9 Å². The number of hydrogen-bond donors (Lipinski definition) is 1. The van der Waals surface area contributed by atoms with Crippen molar-refractivity contribution in [1.82, 2.24) is 5.32 Å². The molecule has 0 spiro atoms. The second-order valence-electron chi connectivity index (χ2n) is 5.29. The van der Waals surface area contributed by atoms with Crippen LogP contribution in [0, 0.1) is 0 Å². The van der Waals surface area contributed by atoms with Gasteiger partial charge in [0.1, 0.15) is 0 Å². The van der Waals surface area contributed by atoms with Crippen molar-refractivity contribution >= 4 is 52.6 Å². The Morgan fingerprint density at radius 3 is 2.48 bits per heavy atom. The molecular formula is C19H16Cl3NO4. The molecule has 27 heavy (non-hydrogen) atoms. The van der Waals surface area contributed by atoms with Gasteiger partial charge in [0.15, 0.2) is 23.9 Å². The molecule has 2 aromatic rings. The van der Waals surface area contributed by atoms with Gasteiger partial charge in [0, 0.05) is 12.6 Å². The molecule has 0 radical (unpaired) electrons. The first kappa shape index (κ1) is 21.1. The molecule has 1 amide bonds. The molecule has 5 nitrogen and oxygen atoms in total. The number of ether oxygens (including phenoxy) is 2. The van der Waals surface area contributed by atoms with Gasteiger partial charge in [0.2, 0.25) is 0 Å². The first-order chi connectivity index (χ1) is 12.9. The average molecular weight is 429 g/mol. The van der Waals surface area contributed by atoms with Crippen LogP contribution in [0.4, 0.5) is 0 Å². The fourth-order valence-electron chi connectivity index (χ4n) is 2.10. The molecule has 0 bridgehead atoms. The molecule has 0 aliphatic rings. The maximum absolute atomic E-state index is 12.4. The Balaban J connectivity index is 2.18. The topological polar surface area (TPSA) is 64.6 Å². The highest BCUT2D eigenvalue weighted by atomic mass is 35.5. The van der Waals surface area contributed by atoms with Crippen LogP contribution in [0.2, 0.25) is 15.1 Å². The SMILES string of the molecule is CNC(=O)COc1ccc(C=CC(=O)c2ccc(Cl)c(Cl)c2Cl)cc1OC. The summed E-state index contributed by atoms with van der Waals surface area (Å²) in [4.78, 5) is 23.6. The Morgan fingerprint density at radius 1 is 1.07 bits per heavy atom. The van der Waals surface area contributed by atoms with Crippen LogP contribution in [0.1, 0.15) is 15.9 Å². The molecular weight excluding hydrogens is 413 g/mol. The number of nitrogens with one attached hydrogen (secondary N) is 1. The fraction of sp³-hybridized carbons (Fsp3) is 0.158. The Labute approximate surface area is 171 Å². The summed E-state index contributed by atoms with van der Waals surface area (Å²) in [5.74, 6) is 0.265. The zero-order valence-electron chi connectivity index (χ0n) is 14.5. The van der Waals surface area contributed by atoms with E-state index < -0.39 is 0 Å². The standard InChI is InChI=1S/C19H16Cl3NO4/c1-23-17(25)10-27-15-8-4-11(9-16(15)26-2)3-7-14(24)12-5-6-13(20)19(22)18(12)21/h3-9H,10H2,1-2H3,(H,23,25). The lowest BCUT2D eigenvalue weighted by atomic mass is 10.1. The number of carbonyl (C=O) groups excluding carboxylic acids is 2. The summed E-state index contributed by atoms with van der Waals surface area (Å²) in [7, 11) is 3.00. The third-order valence-electron chi connectivity index (χ3n) is 3.55. The Bertz CT molecular complexity index is 897. The highest BCUT2D eigenvalue weighted by molar-refractivity contribution is 6.49. The van der Waals surface area contributed by atoms with Gasteiger partial charge < -0.3 is 14.8 Å². The van der Waals surface area contributed by atoms with Crippen LogP contribution in [0.25, 0.3) is 6.08 Å². The fourth-order valence-corrected chi connectivity index (χ4v) is 2.73. The molecule has 0 aliphatic heterocycles. The van der Waals surface area contributed by atoms with E-state index in [0.29, 0.717) is 17.1 Å². The normalized spacial score (nSPS) is 10.7. The molecule has 0 fully saturated rings. The summed E-state index contributed by atoms with van der Waals surface area (Å²) in [6.07, 6.45) is 2.97. The van der Waals surface area contributed by atoms with E-state index in [4.69, 9.17) is 44.3 Å². The lowest BCUT2D eigenvalue weighted by Crippen LogP contribution is -2.24. The summed E-state index contributed by atoms with van der Waals surface area (Å²) in [5, 5.41) is 2.98. The van der Waals surface area contributed by atoms with Gasteiger partial charge in [-0.15, -0.1) is 0 Å². The number of carbonyl (C=O) groups is 2. The maximum Gasteiger partial charge on any atom is 0.257 e. The van der Waals surface area contributed by atoms with Gasteiger partial charge in [0.05, 0.1) is 22.2 Å². The molecule has 0 heterocycles. The van der Waals surface area contributed by atoms with Crippen molar-refractivity contribution in [3.05, 3.63) is 62.6 Å². The Morgan fingerprint density at radius 2 is 1.81 bits per heavy atom. The van der Waals surface area contributed by atoms with Crippen molar-refractivity contribution < 1.29 is 19.1 Å². The number of amides is 1.